The van der Waals surface area contributed by atoms with Crippen LogP contribution in [0.2, 0.25) is 0 Å². The largest absolute Gasteiger partial charge is 0.467 e. The first-order valence-electron chi connectivity index (χ1n) is 7.12. The molecule has 0 aliphatic heterocycles. The van der Waals surface area contributed by atoms with E-state index in [1.165, 1.54) is 11.3 Å². The van der Waals surface area contributed by atoms with Crippen molar-refractivity contribution in [2.24, 2.45) is 0 Å². The number of benzene rings is 1. The highest BCUT2D eigenvalue weighted by Gasteiger charge is 2.16. The van der Waals surface area contributed by atoms with Crippen LogP contribution in [0.1, 0.15) is 28.4 Å². The maximum Gasteiger partial charge on any atom is 0.348 e. The van der Waals surface area contributed by atoms with Crippen LogP contribution in [-0.4, -0.2) is 18.5 Å². The number of nitrogens with one attached hydrogen (secondary N) is 1. The average molecular weight is 329 g/mol. The van der Waals surface area contributed by atoms with Gasteiger partial charge in [0, 0.05) is 4.70 Å². The summed E-state index contributed by atoms with van der Waals surface area (Å²) < 4.78 is 11.3. The minimum Gasteiger partial charge on any atom is -0.467 e. The minimum absolute atomic E-state index is 0.277. The lowest BCUT2D eigenvalue weighted by Gasteiger charge is -2.11. The van der Waals surface area contributed by atoms with E-state index in [-0.39, 0.29) is 18.6 Å². The van der Waals surface area contributed by atoms with Crippen molar-refractivity contribution in [3.63, 3.8) is 0 Å². The summed E-state index contributed by atoms with van der Waals surface area (Å²) in [5.74, 6) is -0.218. The standard InChI is InChI=1S/C17H15NO4S/c1-11(13-6-4-8-21-13)18-16(19)10-22-17(20)15-9-12-5-2-3-7-14(12)23-15/h2-9,11H,10H2,1H3,(H,18,19)/t11-/m0/s1. The minimum atomic E-state index is -0.494. The number of esters is 1. The molecule has 1 N–H and O–H groups in total. The van der Waals surface area contributed by atoms with Crippen molar-refractivity contribution < 1.29 is 18.7 Å². The Bertz CT molecular complexity index is 789. The monoisotopic (exact) mass is 329 g/mol. The van der Waals surface area contributed by atoms with Gasteiger partial charge in [-0.15, -0.1) is 11.3 Å². The number of carbonyl (C=O) groups is 2. The predicted octanol–water partition coefficient (Wildman–Crippen LogP) is 3.53. The maximum atomic E-state index is 12.0. The molecule has 3 aromatic rings. The predicted molar refractivity (Wildman–Crippen MR) is 87.4 cm³/mol. The number of furan rings is 1. The van der Waals surface area contributed by atoms with Gasteiger partial charge in [-0.2, -0.15) is 0 Å². The smallest absolute Gasteiger partial charge is 0.348 e. The second-order valence-electron chi connectivity index (χ2n) is 5.03. The van der Waals surface area contributed by atoms with Crippen molar-refractivity contribution >= 4 is 33.3 Å². The Kier molecular flexibility index (Phi) is 4.43. The SMILES string of the molecule is C[C@H](NC(=O)COC(=O)c1cc2ccccc2s1)c1ccco1. The van der Waals surface area contributed by atoms with Crippen LogP contribution < -0.4 is 5.32 Å². The third-order valence-electron chi connectivity index (χ3n) is 3.31. The molecule has 0 unspecified atom stereocenters. The molecule has 0 aliphatic carbocycles. The molecule has 0 bridgehead atoms. The van der Waals surface area contributed by atoms with Gasteiger partial charge < -0.3 is 14.5 Å². The fourth-order valence-corrected chi connectivity index (χ4v) is 3.13. The van der Waals surface area contributed by atoms with Crippen LogP contribution in [0.5, 0.6) is 0 Å². The van der Waals surface area contributed by atoms with E-state index in [0.29, 0.717) is 10.6 Å². The van der Waals surface area contributed by atoms with E-state index in [1.54, 1.807) is 31.4 Å². The summed E-state index contributed by atoms with van der Waals surface area (Å²) in [7, 11) is 0. The molecule has 0 saturated heterocycles. The summed E-state index contributed by atoms with van der Waals surface area (Å²) in [6.45, 7) is 1.47. The lowest BCUT2D eigenvalue weighted by Crippen LogP contribution is -2.30. The summed E-state index contributed by atoms with van der Waals surface area (Å²) in [4.78, 5) is 24.3. The van der Waals surface area contributed by atoms with Crippen molar-refractivity contribution in [1.29, 1.82) is 0 Å². The second kappa shape index (κ2) is 6.66. The van der Waals surface area contributed by atoms with Gasteiger partial charge in [0.15, 0.2) is 6.61 Å². The molecule has 3 rings (SSSR count). The molecule has 1 atom stereocenters. The van der Waals surface area contributed by atoms with Crippen LogP contribution in [0.4, 0.5) is 0 Å². The third kappa shape index (κ3) is 3.60. The van der Waals surface area contributed by atoms with E-state index in [1.807, 2.05) is 24.3 Å². The molecule has 0 radical (unpaired) electrons. The maximum absolute atomic E-state index is 12.0. The highest BCUT2D eigenvalue weighted by atomic mass is 32.1. The summed E-state index contributed by atoms with van der Waals surface area (Å²) in [5, 5.41) is 3.70. The quantitative estimate of drug-likeness (QED) is 0.727. The van der Waals surface area contributed by atoms with Crippen LogP contribution in [-0.2, 0) is 9.53 Å². The summed E-state index contributed by atoms with van der Waals surface area (Å²) >= 11 is 1.35. The number of hydrogen-bond acceptors (Lipinski definition) is 5. The summed E-state index contributed by atoms with van der Waals surface area (Å²) in [6, 6.07) is 12.7. The van der Waals surface area contributed by atoms with Gasteiger partial charge in [-0.05, 0) is 36.6 Å². The molecule has 118 valence electrons. The van der Waals surface area contributed by atoms with E-state index < -0.39 is 5.97 Å². The van der Waals surface area contributed by atoms with Crippen LogP contribution in [0.25, 0.3) is 10.1 Å². The first-order chi connectivity index (χ1) is 11.1. The molecule has 1 amide bonds. The van der Waals surface area contributed by atoms with Gasteiger partial charge in [0.2, 0.25) is 0 Å². The molecule has 1 aromatic carbocycles. The zero-order valence-corrected chi connectivity index (χ0v) is 13.3. The van der Waals surface area contributed by atoms with Gasteiger partial charge in [-0.25, -0.2) is 4.79 Å². The molecule has 0 spiro atoms. The van der Waals surface area contributed by atoms with Crippen molar-refractivity contribution in [2.75, 3.05) is 6.61 Å². The zero-order chi connectivity index (χ0) is 16.2. The number of thiophene rings is 1. The van der Waals surface area contributed by atoms with Gasteiger partial charge in [-0.1, -0.05) is 18.2 Å². The van der Waals surface area contributed by atoms with Gasteiger partial charge in [0.1, 0.15) is 10.6 Å². The molecular weight excluding hydrogens is 314 g/mol. The number of fused-ring (bicyclic) bond motifs is 1. The number of amides is 1. The summed E-state index contributed by atoms with van der Waals surface area (Å²) in [6.07, 6.45) is 1.54. The third-order valence-corrected chi connectivity index (χ3v) is 4.40. The molecule has 6 heteroatoms. The molecule has 0 aliphatic rings. The molecular formula is C17H15NO4S. The highest BCUT2D eigenvalue weighted by molar-refractivity contribution is 7.20. The van der Waals surface area contributed by atoms with Gasteiger partial charge in [-0.3, -0.25) is 4.79 Å². The van der Waals surface area contributed by atoms with E-state index in [2.05, 4.69) is 5.32 Å². The van der Waals surface area contributed by atoms with Crippen molar-refractivity contribution in [2.45, 2.75) is 13.0 Å². The normalized spacial score (nSPS) is 12.0. The van der Waals surface area contributed by atoms with E-state index in [9.17, 15) is 9.59 Å². The Morgan fingerprint density at radius 1 is 1.26 bits per heavy atom. The molecule has 5 nitrogen and oxygen atoms in total. The van der Waals surface area contributed by atoms with Crippen molar-refractivity contribution in [3.8, 4) is 0 Å². The van der Waals surface area contributed by atoms with Gasteiger partial charge in [0.25, 0.3) is 5.91 Å². The van der Waals surface area contributed by atoms with E-state index >= 15 is 0 Å². The van der Waals surface area contributed by atoms with Crippen molar-refractivity contribution in [3.05, 3.63) is 59.4 Å². The Morgan fingerprint density at radius 3 is 2.83 bits per heavy atom. The Labute approximate surface area is 136 Å². The number of carbonyl (C=O) groups excluding carboxylic acids is 2. The summed E-state index contributed by atoms with van der Waals surface area (Å²) in [5.41, 5.74) is 0. The van der Waals surface area contributed by atoms with Gasteiger partial charge >= 0.3 is 5.97 Å². The first-order valence-corrected chi connectivity index (χ1v) is 7.93. The topological polar surface area (TPSA) is 68.5 Å². The Hall–Kier alpha value is -2.60. The average Bonchev–Trinajstić information content (AvgIpc) is 3.21. The Morgan fingerprint density at radius 2 is 2.09 bits per heavy atom. The van der Waals surface area contributed by atoms with Gasteiger partial charge in [0.05, 0.1) is 12.3 Å². The number of ether oxygens (including phenoxy) is 1. The number of hydrogen-bond donors (Lipinski definition) is 1. The molecule has 2 aromatic heterocycles. The Balaban J connectivity index is 1.55. The molecule has 23 heavy (non-hydrogen) atoms. The lowest BCUT2D eigenvalue weighted by atomic mass is 10.2. The van der Waals surface area contributed by atoms with Crippen molar-refractivity contribution in [1.82, 2.24) is 5.32 Å². The molecule has 0 fully saturated rings. The number of rotatable bonds is 5. The second-order valence-corrected chi connectivity index (χ2v) is 6.11. The van der Waals surface area contributed by atoms with E-state index in [4.69, 9.17) is 9.15 Å². The van der Waals surface area contributed by atoms with Crippen LogP contribution in [0.15, 0.2) is 53.1 Å². The molecule has 2 heterocycles. The fourth-order valence-electron chi connectivity index (χ4n) is 2.18. The van der Waals surface area contributed by atoms with Crippen LogP contribution in [0, 0.1) is 0 Å². The first kappa shape index (κ1) is 15.3. The molecule has 0 saturated carbocycles. The van der Waals surface area contributed by atoms with E-state index in [0.717, 1.165) is 10.1 Å². The zero-order valence-electron chi connectivity index (χ0n) is 12.4. The highest BCUT2D eigenvalue weighted by Crippen LogP contribution is 2.25. The lowest BCUT2D eigenvalue weighted by molar-refractivity contribution is -0.125. The van der Waals surface area contributed by atoms with Crippen LogP contribution >= 0.6 is 11.3 Å². The fraction of sp³-hybridized carbons (Fsp3) is 0.176. The van der Waals surface area contributed by atoms with Crippen LogP contribution in [0.3, 0.4) is 0 Å².